The first-order valence-electron chi connectivity index (χ1n) is 8.72. The van der Waals surface area contributed by atoms with E-state index in [4.69, 9.17) is 11.6 Å². The van der Waals surface area contributed by atoms with E-state index < -0.39 is 5.82 Å². The Labute approximate surface area is 161 Å². The topological polar surface area (TPSA) is 52.2 Å². The van der Waals surface area contributed by atoms with Crippen LogP contribution in [0.3, 0.4) is 0 Å². The highest BCUT2D eigenvalue weighted by atomic mass is 35.5. The summed E-state index contributed by atoms with van der Waals surface area (Å²) in [6, 6.07) is 16.1. The van der Waals surface area contributed by atoms with Crippen molar-refractivity contribution in [3.63, 3.8) is 0 Å². The van der Waals surface area contributed by atoms with Crippen LogP contribution in [0.1, 0.15) is 10.4 Å². The van der Waals surface area contributed by atoms with Gasteiger partial charge in [-0.25, -0.2) is 4.39 Å². The standard InChI is InChI=1S/C20H18ClFN4O/c21-16-12-15(6-7-17(16)22)20(27)26-10-8-25(9-11-26)19-13-18(23-24-19)14-4-2-1-3-5-14/h1-7,12-13H,8-11H2,(H,23,24). The largest absolute Gasteiger partial charge is 0.352 e. The summed E-state index contributed by atoms with van der Waals surface area (Å²) in [6.45, 7) is 2.50. The number of nitrogens with one attached hydrogen (secondary N) is 1. The first-order chi connectivity index (χ1) is 13.1. The zero-order valence-corrected chi connectivity index (χ0v) is 15.3. The van der Waals surface area contributed by atoms with Crippen LogP contribution in [-0.4, -0.2) is 47.2 Å². The zero-order chi connectivity index (χ0) is 18.8. The smallest absolute Gasteiger partial charge is 0.254 e. The van der Waals surface area contributed by atoms with Crippen LogP contribution in [0.15, 0.2) is 54.6 Å². The number of aromatic amines is 1. The van der Waals surface area contributed by atoms with Crippen LogP contribution in [-0.2, 0) is 0 Å². The van der Waals surface area contributed by atoms with E-state index >= 15 is 0 Å². The number of carbonyl (C=O) groups excluding carboxylic acids is 1. The number of amides is 1. The molecule has 1 aliphatic rings. The van der Waals surface area contributed by atoms with Gasteiger partial charge in [-0.1, -0.05) is 41.9 Å². The van der Waals surface area contributed by atoms with Crippen molar-refractivity contribution in [1.29, 1.82) is 0 Å². The number of hydrogen-bond acceptors (Lipinski definition) is 3. The molecule has 0 saturated carbocycles. The minimum Gasteiger partial charge on any atom is -0.352 e. The average Bonchev–Trinajstić information content (AvgIpc) is 3.21. The molecule has 0 radical (unpaired) electrons. The predicted molar refractivity (Wildman–Crippen MR) is 104 cm³/mol. The molecular weight excluding hydrogens is 367 g/mol. The molecule has 0 bridgehead atoms. The molecule has 27 heavy (non-hydrogen) atoms. The molecule has 7 heteroatoms. The quantitative estimate of drug-likeness (QED) is 0.746. The Hall–Kier alpha value is -2.86. The Morgan fingerprint density at radius 3 is 2.48 bits per heavy atom. The molecular formula is C20H18ClFN4O. The number of carbonyl (C=O) groups is 1. The van der Waals surface area contributed by atoms with Gasteiger partial charge >= 0.3 is 0 Å². The van der Waals surface area contributed by atoms with Crippen molar-refractivity contribution in [1.82, 2.24) is 15.1 Å². The van der Waals surface area contributed by atoms with Crippen molar-refractivity contribution in [2.45, 2.75) is 0 Å². The first kappa shape index (κ1) is 17.5. The normalized spacial score (nSPS) is 14.4. The maximum Gasteiger partial charge on any atom is 0.254 e. The van der Waals surface area contributed by atoms with Crippen LogP contribution in [0, 0.1) is 5.82 Å². The molecule has 2 aromatic carbocycles. The van der Waals surface area contributed by atoms with E-state index in [0.717, 1.165) is 17.1 Å². The van der Waals surface area contributed by atoms with E-state index in [-0.39, 0.29) is 10.9 Å². The summed E-state index contributed by atoms with van der Waals surface area (Å²) in [6.07, 6.45) is 0. The number of aromatic nitrogens is 2. The summed E-state index contributed by atoms with van der Waals surface area (Å²) in [5.74, 6) is 0.208. The summed E-state index contributed by atoms with van der Waals surface area (Å²) in [5, 5.41) is 7.43. The molecule has 138 valence electrons. The van der Waals surface area contributed by atoms with E-state index in [1.165, 1.54) is 18.2 Å². The lowest BCUT2D eigenvalue weighted by molar-refractivity contribution is 0.0746. The van der Waals surface area contributed by atoms with Crippen LogP contribution in [0.25, 0.3) is 11.3 Å². The monoisotopic (exact) mass is 384 g/mol. The fraction of sp³-hybridized carbons (Fsp3) is 0.200. The Bertz CT molecular complexity index is 952. The summed E-state index contributed by atoms with van der Waals surface area (Å²) in [7, 11) is 0. The second kappa shape index (κ2) is 7.40. The first-order valence-corrected chi connectivity index (χ1v) is 9.10. The fourth-order valence-electron chi connectivity index (χ4n) is 3.19. The van der Waals surface area contributed by atoms with Gasteiger partial charge < -0.3 is 9.80 Å². The Balaban J connectivity index is 1.41. The number of nitrogens with zero attached hydrogens (tertiary/aromatic N) is 3. The molecule has 0 atom stereocenters. The van der Waals surface area contributed by atoms with E-state index in [1.54, 1.807) is 4.90 Å². The van der Waals surface area contributed by atoms with Crippen LogP contribution in [0.4, 0.5) is 10.2 Å². The van der Waals surface area contributed by atoms with E-state index in [9.17, 15) is 9.18 Å². The molecule has 3 aromatic rings. The number of rotatable bonds is 3. The number of piperazine rings is 1. The van der Waals surface area contributed by atoms with Crippen LogP contribution < -0.4 is 4.90 Å². The van der Waals surface area contributed by atoms with Gasteiger partial charge in [-0.2, -0.15) is 5.10 Å². The van der Waals surface area contributed by atoms with Crippen molar-refractivity contribution in [2.75, 3.05) is 31.1 Å². The third-order valence-electron chi connectivity index (χ3n) is 4.71. The van der Waals surface area contributed by atoms with Crippen molar-refractivity contribution in [2.24, 2.45) is 0 Å². The van der Waals surface area contributed by atoms with Crippen molar-refractivity contribution in [3.05, 3.63) is 71.0 Å². The number of H-pyrrole nitrogens is 1. The Kier molecular flexibility index (Phi) is 4.81. The minimum absolute atomic E-state index is 0.0375. The second-order valence-electron chi connectivity index (χ2n) is 6.41. The van der Waals surface area contributed by atoms with E-state index in [2.05, 4.69) is 15.1 Å². The second-order valence-corrected chi connectivity index (χ2v) is 6.82. The van der Waals surface area contributed by atoms with Crippen molar-refractivity contribution in [3.8, 4) is 11.3 Å². The van der Waals surface area contributed by atoms with Gasteiger partial charge in [0.25, 0.3) is 5.91 Å². The van der Waals surface area contributed by atoms with E-state index in [0.29, 0.717) is 31.7 Å². The Morgan fingerprint density at radius 2 is 1.78 bits per heavy atom. The van der Waals surface area contributed by atoms with Crippen LogP contribution in [0.5, 0.6) is 0 Å². The summed E-state index contributed by atoms with van der Waals surface area (Å²) >= 11 is 5.79. The molecule has 0 spiro atoms. The SMILES string of the molecule is O=C(c1ccc(F)c(Cl)c1)N1CCN(c2cc(-c3ccccc3)[nH]n2)CC1. The molecule has 1 aliphatic heterocycles. The zero-order valence-electron chi connectivity index (χ0n) is 14.5. The van der Waals surface area contributed by atoms with Crippen LogP contribution >= 0.6 is 11.6 Å². The number of anilines is 1. The molecule has 2 heterocycles. The predicted octanol–water partition coefficient (Wildman–Crippen LogP) is 3.83. The molecule has 1 fully saturated rings. The molecule has 1 saturated heterocycles. The maximum atomic E-state index is 13.3. The fourth-order valence-corrected chi connectivity index (χ4v) is 3.37. The Morgan fingerprint density at radius 1 is 1.04 bits per heavy atom. The van der Waals surface area contributed by atoms with Gasteiger partial charge in [0.15, 0.2) is 5.82 Å². The van der Waals surface area contributed by atoms with Gasteiger partial charge in [0.2, 0.25) is 0 Å². The third kappa shape index (κ3) is 3.66. The third-order valence-corrected chi connectivity index (χ3v) is 5.00. The van der Waals surface area contributed by atoms with Crippen molar-refractivity contribution >= 4 is 23.3 Å². The van der Waals surface area contributed by atoms with Crippen molar-refractivity contribution < 1.29 is 9.18 Å². The minimum atomic E-state index is -0.522. The highest BCUT2D eigenvalue weighted by Crippen LogP contribution is 2.23. The molecule has 4 rings (SSSR count). The van der Waals surface area contributed by atoms with Gasteiger partial charge in [-0.3, -0.25) is 9.89 Å². The van der Waals surface area contributed by atoms with Crippen LogP contribution in [0.2, 0.25) is 5.02 Å². The number of halogens is 2. The van der Waals surface area contributed by atoms with Gasteiger partial charge in [0, 0.05) is 37.8 Å². The van der Waals surface area contributed by atoms with Gasteiger partial charge in [0.05, 0.1) is 10.7 Å². The van der Waals surface area contributed by atoms with Gasteiger partial charge in [-0.05, 0) is 23.8 Å². The summed E-state index contributed by atoms with van der Waals surface area (Å²) in [4.78, 5) is 16.5. The summed E-state index contributed by atoms with van der Waals surface area (Å²) in [5.41, 5.74) is 2.45. The lowest BCUT2D eigenvalue weighted by atomic mass is 10.1. The lowest BCUT2D eigenvalue weighted by Gasteiger charge is -2.34. The molecule has 5 nitrogen and oxygen atoms in total. The highest BCUT2D eigenvalue weighted by Gasteiger charge is 2.24. The number of hydrogen-bond donors (Lipinski definition) is 1. The maximum absolute atomic E-state index is 13.3. The molecule has 1 N–H and O–H groups in total. The van der Waals surface area contributed by atoms with Gasteiger partial charge in [-0.15, -0.1) is 0 Å². The summed E-state index contributed by atoms with van der Waals surface area (Å²) < 4.78 is 13.3. The molecule has 1 amide bonds. The van der Waals surface area contributed by atoms with Gasteiger partial charge in [0.1, 0.15) is 5.82 Å². The molecule has 0 unspecified atom stereocenters. The number of benzene rings is 2. The molecule has 0 aliphatic carbocycles. The van der Waals surface area contributed by atoms with E-state index in [1.807, 2.05) is 36.4 Å². The lowest BCUT2D eigenvalue weighted by Crippen LogP contribution is -2.49. The molecule has 1 aromatic heterocycles. The highest BCUT2D eigenvalue weighted by molar-refractivity contribution is 6.31. The average molecular weight is 385 g/mol.